The molecule has 0 aliphatic heterocycles. The number of carbonyl (C=O) groups excluding carboxylic acids is 2. The van der Waals surface area contributed by atoms with Gasteiger partial charge in [-0.05, 0) is 51.4 Å². The molecule has 0 radical (unpaired) electrons. The molecule has 1 atom stereocenters. The number of aliphatic hydroxyl groups excluding tert-OH is 1. The van der Waals surface area contributed by atoms with Crippen molar-refractivity contribution in [2.45, 2.75) is 200 Å². The molecule has 46 heavy (non-hydrogen) atoms. The highest BCUT2D eigenvalue weighted by Gasteiger charge is 2.16. The maximum absolute atomic E-state index is 12.1. The summed E-state index contributed by atoms with van der Waals surface area (Å²) >= 11 is 0. The van der Waals surface area contributed by atoms with Crippen molar-refractivity contribution in [3.8, 4) is 0 Å². The Balaban J connectivity index is 3.46. The van der Waals surface area contributed by atoms with Crippen molar-refractivity contribution < 1.29 is 24.2 Å². The molecule has 0 spiro atoms. The molecule has 0 aromatic heterocycles. The lowest BCUT2D eigenvalue weighted by molar-refractivity contribution is -0.161. The van der Waals surface area contributed by atoms with E-state index in [9.17, 15) is 14.7 Å². The van der Waals surface area contributed by atoms with Crippen LogP contribution in [0.5, 0.6) is 0 Å². The number of rotatable bonds is 35. The number of ether oxygens (including phenoxy) is 2. The zero-order valence-electron chi connectivity index (χ0n) is 30.3. The number of allylic oxidation sites excluding steroid dienone is 6. The van der Waals surface area contributed by atoms with Gasteiger partial charge in [-0.25, -0.2) is 0 Å². The van der Waals surface area contributed by atoms with Crippen LogP contribution in [0.25, 0.3) is 0 Å². The topological polar surface area (TPSA) is 72.8 Å². The lowest BCUT2D eigenvalue weighted by Crippen LogP contribution is -2.28. The van der Waals surface area contributed by atoms with Gasteiger partial charge in [-0.1, -0.05) is 166 Å². The lowest BCUT2D eigenvalue weighted by Gasteiger charge is -2.15. The largest absolute Gasteiger partial charge is 0.462 e. The molecular formula is C41H74O5. The molecule has 0 amide bonds. The zero-order chi connectivity index (χ0) is 33.6. The summed E-state index contributed by atoms with van der Waals surface area (Å²) < 4.78 is 10.5. The molecule has 0 aliphatic carbocycles. The number of carbonyl (C=O) groups is 2. The first-order valence-corrected chi connectivity index (χ1v) is 19.5. The fourth-order valence-corrected chi connectivity index (χ4v) is 5.44. The minimum Gasteiger partial charge on any atom is -0.462 e. The zero-order valence-corrected chi connectivity index (χ0v) is 30.3. The van der Waals surface area contributed by atoms with Crippen LogP contribution in [0.1, 0.15) is 194 Å². The number of esters is 2. The lowest BCUT2D eigenvalue weighted by atomic mass is 10.0. The van der Waals surface area contributed by atoms with Crippen molar-refractivity contribution in [2.75, 3.05) is 13.2 Å². The molecule has 0 aromatic carbocycles. The highest BCUT2D eigenvalue weighted by molar-refractivity contribution is 5.70. The first kappa shape index (κ1) is 44.1. The second-order valence-electron chi connectivity index (χ2n) is 13.0. The van der Waals surface area contributed by atoms with Gasteiger partial charge in [0.2, 0.25) is 0 Å². The van der Waals surface area contributed by atoms with Crippen molar-refractivity contribution in [2.24, 2.45) is 0 Å². The molecule has 0 aliphatic rings. The van der Waals surface area contributed by atoms with Gasteiger partial charge in [0.15, 0.2) is 6.10 Å². The van der Waals surface area contributed by atoms with Crippen molar-refractivity contribution in [3.05, 3.63) is 36.5 Å². The van der Waals surface area contributed by atoms with E-state index in [0.29, 0.717) is 12.8 Å². The molecule has 5 heteroatoms. The fraction of sp³-hybridized carbons (Fsp3) is 0.805. The van der Waals surface area contributed by atoms with E-state index in [4.69, 9.17) is 9.47 Å². The van der Waals surface area contributed by atoms with Crippen LogP contribution in [-0.2, 0) is 19.1 Å². The second-order valence-corrected chi connectivity index (χ2v) is 13.0. The Morgan fingerprint density at radius 1 is 0.500 bits per heavy atom. The van der Waals surface area contributed by atoms with E-state index in [-0.39, 0.29) is 25.2 Å². The third-order valence-electron chi connectivity index (χ3n) is 8.44. The van der Waals surface area contributed by atoms with E-state index in [1.165, 1.54) is 116 Å². The van der Waals surface area contributed by atoms with Crippen LogP contribution < -0.4 is 0 Å². The van der Waals surface area contributed by atoms with Gasteiger partial charge in [0.05, 0.1) is 6.61 Å². The standard InChI is InChI=1S/C41H74O5/c1-3-5-7-9-10-11-12-13-14-15-16-17-18-19-20-21-22-23-24-25-26-27-28-29-30-32-34-36-41(44)46-39(37-42)38-45-40(43)35-33-31-8-6-4-2/h12-13,15-16,18-19,39,42H,3-11,14,17,20-38H2,1-2H3/b13-12-,16-15-,19-18-. The monoisotopic (exact) mass is 647 g/mol. The molecular weight excluding hydrogens is 572 g/mol. The Morgan fingerprint density at radius 3 is 1.30 bits per heavy atom. The van der Waals surface area contributed by atoms with Crippen molar-refractivity contribution in [1.82, 2.24) is 0 Å². The van der Waals surface area contributed by atoms with Crippen LogP contribution >= 0.6 is 0 Å². The second kappa shape index (κ2) is 37.6. The Labute approximate surface area is 285 Å². The average Bonchev–Trinajstić information content (AvgIpc) is 3.06. The molecule has 0 fully saturated rings. The Kier molecular flexibility index (Phi) is 36.0. The SMILES string of the molecule is CCCCCCC/C=C\C/C=C\C/C=C\CCCCCCCCCCCCCCC(=O)OC(CO)COC(=O)CCCCCCC. The van der Waals surface area contributed by atoms with Crippen LogP contribution in [0.4, 0.5) is 0 Å². The van der Waals surface area contributed by atoms with Crippen molar-refractivity contribution in [3.63, 3.8) is 0 Å². The van der Waals surface area contributed by atoms with E-state index >= 15 is 0 Å². The summed E-state index contributed by atoms with van der Waals surface area (Å²) in [7, 11) is 0. The third kappa shape index (κ3) is 35.0. The van der Waals surface area contributed by atoms with Crippen LogP contribution in [0, 0.1) is 0 Å². The molecule has 0 bridgehead atoms. The number of unbranched alkanes of at least 4 members (excludes halogenated alkanes) is 21. The summed E-state index contributed by atoms with van der Waals surface area (Å²) in [6.45, 7) is 4.03. The first-order chi connectivity index (χ1) is 22.6. The van der Waals surface area contributed by atoms with E-state index in [1.54, 1.807) is 0 Å². The highest BCUT2D eigenvalue weighted by Crippen LogP contribution is 2.14. The molecule has 1 unspecified atom stereocenters. The fourth-order valence-electron chi connectivity index (χ4n) is 5.44. The van der Waals surface area contributed by atoms with E-state index in [2.05, 4.69) is 50.3 Å². The van der Waals surface area contributed by atoms with E-state index in [0.717, 1.165) is 51.4 Å². The van der Waals surface area contributed by atoms with Gasteiger partial charge >= 0.3 is 11.9 Å². The Morgan fingerprint density at radius 2 is 0.870 bits per heavy atom. The molecule has 5 nitrogen and oxygen atoms in total. The molecule has 0 aromatic rings. The average molecular weight is 647 g/mol. The minimum atomic E-state index is -0.766. The number of aliphatic hydroxyl groups is 1. The van der Waals surface area contributed by atoms with Crippen LogP contribution in [0.15, 0.2) is 36.5 Å². The minimum absolute atomic E-state index is 0.0661. The smallest absolute Gasteiger partial charge is 0.306 e. The molecule has 268 valence electrons. The summed E-state index contributed by atoms with van der Waals surface area (Å²) in [5, 5.41) is 9.46. The molecule has 0 saturated carbocycles. The van der Waals surface area contributed by atoms with Gasteiger partial charge in [0.25, 0.3) is 0 Å². The third-order valence-corrected chi connectivity index (χ3v) is 8.44. The van der Waals surface area contributed by atoms with Crippen LogP contribution in [0.2, 0.25) is 0 Å². The van der Waals surface area contributed by atoms with Crippen LogP contribution in [0.3, 0.4) is 0 Å². The molecule has 0 heterocycles. The normalized spacial score (nSPS) is 12.5. The van der Waals surface area contributed by atoms with Crippen molar-refractivity contribution in [1.29, 1.82) is 0 Å². The Hall–Kier alpha value is -1.88. The quantitative estimate of drug-likeness (QED) is 0.0421. The van der Waals surface area contributed by atoms with Crippen molar-refractivity contribution >= 4 is 11.9 Å². The predicted molar refractivity (Wildman–Crippen MR) is 196 cm³/mol. The van der Waals surface area contributed by atoms with Gasteiger partial charge in [0.1, 0.15) is 6.61 Å². The Bertz CT molecular complexity index is 741. The first-order valence-electron chi connectivity index (χ1n) is 19.5. The van der Waals surface area contributed by atoms with Gasteiger partial charge < -0.3 is 14.6 Å². The maximum atomic E-state index is 12.1. The molecule has 0 saturated heterocycles. The summed E-state index contributed by atoms with van der Waals surface area (Å²) in [6.07, 6.45) is 45.4. The predicted octanol–water partition coefficient (Wildman–Crippen LogP) is 12.1. The van der Waals surface area contributed by atoms with E-state index < -0.39 is 6.10 Å². The summed E-state index contributed by atoms with van der Waals surface area (Å²) in [5.41, 5.74) is 0. The molecule has 0 rings (SSSR count). The van der Waals surface area contributed by atoms with Gasteiger partial charge in [-0.15, -0.1) is 0 Å². The van der Waals surface area contributed by atoms with Gasteiger partial charge in [-0.3, -0.25) is 9.59 Å². The molecule has 1 N–H and O–H groups in total. The summed E-state index contributed by atoms with van der Waals surface area (Å²) in [5.74, 6) is -0.605. The maximum Gasteiger partial charge on any atom is 0.306 e. The highest BCUT2D eigenvalue weighted by atomic mass is 16.6. The summed E-state index contributed by atoms with van der Waals surface area (Å²) in [4.78, 5) is 23.9. The number of hydrogen-bond donors (Lipinski definition) is 1. The van der Waals surface area contributed by atoms with E-state index in [1.807, 2.05) is 0 Å². The van der Waals surface area contributed by atoms with Crippen LogP contribution in [-0.4, -0.2) is 36.4 Å². The summed E-state index contributed by atoms with van der Waals surface area (Å²) in [6, 6.07) is 0. The van der Waals surface area contributed by atoms with Gasteiger partial charge in [0, 0.05) is 12.8 Å². The number of hydrogen-bond acceptors (Lipinski definition) is 5. The van der Waals surface area contributed by atoms with Gasteiger partial charge in [-0.2, -0.15) is 0 Å².